The van der Waals surface area contributed by atoms with E-state index >= 15 is 0 Å². The van der Waals surface area contributed by atoms with E-state index in [0.717, 1.165) is 24.3 Å². The van der Waals surface area contributed by atoms with E-state index in [2.05, 4.69) is 122 Å². The molecule has 11 rings (SSSR count). The first-order valence-electron chi connectivity index (χ1n) is 34.0. The largest absolute Gasteiger partial charge is 0.472 e. The first kappa shape index (κ1) is 85.5. The van der Waals surface area contributed by atoms with E-state index in [1.807, 2.05) is 0 Å². The Morgan fingerprint density at radius 3 is 0.869 bits per heavy atom. The third-order valence-corrected chi connectivity index (χ3v) is 22.2. The number of ether oxygens (including phenoxy) is 1. The summed E-state index contributed by atoms with van der Waals surface area (Å²) in [6.07, 6.45) is -25.7. The molecule has 581 valence electrons. The van der Waals surface area contributed by atoms with E-state index in [0.29, 0.717) is 11.3 Å². The second-order valence-electron chi connectivity index (χ2n) is 26.8. The van der Waals surface area contributed by atoms with Crippen LogP contribution in [0.1, 0.15) is 158 Å². The minimum absolute atomic E-state index is 0. The smallest absolute Gasteiger partial charge is 0.416 e. The molecule has 0 N–H and O–H groups in total. The average molecular weight is 1730 g/mol. The van der Waals surface area contributed by atoms with Crippen LogP contribution in [0.25, 0.3) is 0 Å². The SMILES string of the molecule is C1=CCC/C=C\CC1.C[C@H]1OC(c2ccccc2)=N[C@H]1C(Cc1ccccc1)(Cc1ccccc1)OP(C1CCCCC1)C1CCCCC1.FC(F)(F)c1cc([B-](c2cc(C(F)(F)F)cc(C(F)(F)F)c2)(c2cc(C(F)(F)F)cc(C(F)(F)F)c2)c2cc(C(F)(F)F)cc(C(F)(F)F)c2)cc(C(F)(F)F)c1.[Ir]. The third-order valence-electron chi connectivity index (χ3n) is 19.2. The van der Waals surface area contributed by atoms with Crippen molar-refractivity contribution < 1.29 is 135 Å². The van der Waals surface area contributed by atoms with Crippen LogP contribution in [0.3, 0.4) is 0 Å². The number of hydrogen-bond donors (Lipinski definition) is 0. The molecule has 0 spiro atoms. The number of halogens is 24. The van der Waals surface area contributed by atoms with Gasteiger partial charge in [0.15, 0.2) is 0 Å². The van der Waals surface area contributed by atoms with E-state index in [1.54, 1.807) is 0 Å². The Bertz CT molecular complexity index is 3630. The molecule has 1 aliphatic heterocycles. The maximum Gasteiger partial charge on any atom is 0.416 e. The second kappa shape index (κ2) is 34.4. The monoisotopic (exact) mass is 1730 g/mol. The molecule has 1 radical (unpaired) electrons. The second-order valence-corrected chi connectivity index (χ2v) is 29.2. The summed E-state index contributed by atoms with van der Waals surface area (Å²) in [7, 11) is -0.606. The minimum atomic E-state index is -6.13. The van der Waals surface area contributed by atoms with Crippen LogP contribution in [0.15, 0.2) is 193 Å². The molecule has 0 aromatic heterocycles. The molecule has 2 atom stereocenters. The van der Waals surface area contributed by atoms with Crippen LogP contribution in [0.5, 0.6) is 0 Å². The van der Waals surface area contributed by atoms with Gasteiger partial charge in [-0.3, -0.25) is 0 Å². The molecule has 1 heterocycles. The van der Waals surface area contributed by atoms with Gasteiger partial charge in [-0.05, 0) is 106 Å². The van der Waals surface area contributed by atoms with Gasteiger partial charge in [0, 0.05) is 58.0 Å². The fraction of sp³-hybridized carbons (Fsp3) is 0.390. The number of rotatable bonds is 14. The fourth-order valence-electron chi connectivity index (χ4n) is 14.3. The standard InChI is InChI=1S/C37H46NO2P.C32H12BF24.C8H12.Ir/c1-29-35(38-36(39-29)32-21-11-4-12-22-32)37(27-30-17-7-2-8-18-30,28-31-19-9-3-10-20-31)40-41(33-23-13-5-14-24-33)34-25-15-6-16-26-34;34-25(35,36)13-1-14(26(37,38)39)6-21(5-13)33(22-7-15(27(40,41)42)2-16(8-22)28(43,44)45,23-9-17(29(46,47)48)3-18(10-23)30(49,50)51)24-11-19(31(52,53)54)4-20(12-24)32(55,56)57;1-2-4-6-8-7-5-3-1;/h2-4,7-12,17-22,29,33-35H,5-6,13-16,23-28H2,1H3;1-12H;1-2,7-8H,3-6H2;/q;-1;;/b;;2-1-,8-7?;/t29-,35-;;;/m1.../s1. The summed E-state index contributed by atoms with van der Waals surface area (Å²) in [5.74, 6) is 0.761. The van der Waals surface area contributed by atoms with Gasteiger partial charge >= 0.3 is 49.4 Å². The summed E-state index contributed by atoms with van der Waals surface area (Å²) >= 11 is 0. The molecule has 0 bridgehead atoms. The van der Waals surface area contributed by atoms with Gasteiger partial charge in [-0.1, -0.05) is 190 Å². The molecule has 7 aromatic rings. The van der Waals surface area contributed by atoms with Gasteiger partial charge in [-0.25, -0.2) is 4.99 Å². The maximum atomic E-state index is 14.2. The van der Waals surface area contributed by atoms with Gasteiger partial charge in [0.05, 0.1) is 44.5 Å². The third kappa shape index (κ3) is 21.9. The number of aliphatic imine (C=N–C) groups is 1. The Kier molecular flexibility index (Phi) is 27.5. The summed E-state index contributed by atoms with van der Waals surface area (Å²) in [5, 5.41) is 0. The normalized spacial score (nSPS) is 18.0. The number of alkyl halides is 24. The molecule has 2 fully saturated rings. The van der Waals surface area contributed by atoms with Crippen molar-refractivity contribution in [3.63, 3.8) is 0 Å². The van der Waals surface area contributed by atoms with Gasteiger partial charge in [-0.2, -0.15) is 127 Å². The molecule has 7 aromatic carbocycles. The van der Waals surface area contributed by atoms with E-state index < -0.39 is 208 Å². The number of allylic oxidation sites excluding steroid dienone is 4. The molecule has 107 heavy (non-hydrogen) atoms. The first-order chi connectivity index (χ1) is 49.5. The quantitative estimate of drug-likeness (QED) is 0.0470. The molecule has 3 nitrogen and oxygen atoms in total. The van der Waals surface area contributed by atoms with Crippen molar-refractivity contribution in [3.8, 4) is 0 Å². The van der Waals surface area contributed by atoms with Crippen molar-refractivity contribution in [2.75, 3.05) is 0 Å². The summed E-state index contributed by atoms with van der Waals surface area (Å²) in [6.45, 7) is 2.21. The van der Waals surface area contributed by atoms with Crippen LogP contribution in [0.2, 0.25) is 0 Å². The van der Waals surface area contributed by atoms with Gasteiger partial charge in [-0.15, -0.1) is 0 Å². The zero-order valence-electron chi connectivity index (χ0n) is 56.7. The van der Waals surface area contributed by atoms with E-state index in [-0.39, 0.29) is 32.3 Å². The zero-order valence-corrected chi connectivity index (χ0v) is 60.0. The first-order valence-corrected chi connectivity index (χ1v) is 35.4. The van der Waals surface area contributed by atoms with Crippen molar-refractivity contribution in [2.45, 2.75) is 188 Å². The topological polar surface area (TPSA) is 30.8 Å². The Morgan fingerprint density at radius 2 is 0.617 bits per heavy atom. The van der Waals surface area contributed by atoms with Crippen molar-refractivity contribution in [1.29, 1.82) is 0 Å². The predicted octanol–water partition coefficient (Wildman–Crippen LogP) is 23.4. The van der Waals surface area contributed by atoms with Crippen LogP contribution in [-0.4, -0.2) is 41.1 Å². The Morgan fingerprint density at radius 1 is 0.364 bits per heavy atom. The van der Waals surface area contributed by atoms with E-state index in [1.165, 1.54) is 101 Å². The molecule has 0 amide bonds. The summed E-state index contributed by atoms with van der Waals surface area (Å²) in [4.78, 5) is 5.43. The van der Waals surface area contributed by atoms with Crippen LogP contribution >= 0.6 is 8.15 Å². The van der Waals surface area contributed by atoms with Gasteiger partial charge in [0.1, 0.15) is 23.9 Å². The van der Waals surface area contributed by atoms with Crippen LogP contribution in [0.4, 0.5) is 105 Å². The van der Waals surface area contributed by atoms with Crippen LogP contribution in [-0.2, 0) is 91.6 Å². The number of hydrogen-bond acceptors (Lipinski definition) is 3. The zero-order chi connectivity index (χ0) is 77.5. The molecule has 3 aliphatic carbocycles. The number of nitrogens with zero attached hydrogens (tertiary/aromatic N) is 1. The van der Waals surface area contributed by atoms with Crippen molar-refractivity contribution in [3.05, 3.63) is 249 Å². The summed E-state index contributed by atoms with van der Waals surface area (Å²) in [6, 6.07) is 23.5. The van der Waals surface area contributed by atoms with E-state index in [4.69, 9.17) is 14.3 Å². The summed E-state index contributed by atoms with van der Waals surface area (Å²) in [5.41, 5.74) is -25.6. The number of benzene rings is 7. The van der Waals surface area contributed by atoms with Gasteiger partial charge < -0.3 is 9.26 Å². The Balaban J connectivity index is 0.000000251. The molecule has 0 unspecified atom stereocenters. The Labute approximate surface area is 616 Å². The van der Waals surface area contributed by atoms with Crippen molar-refractivity contribution in [2.24, 2.45) is 4.99 Å². The minimum Gasteiger partial charge on any atom is -0.472 e. The van der Waals surface area contributed by atoms with Crippen LogP contribution < -0.4 is 21.9 Å². The molecular weight excluding hydrogens is 1660 g/mol. The molecule has 2 saturated carbocycles. The maximum absolute atomic E-state index is 14.2. The average Bonchev–Trinajstić information content (AvgIpc) is 1.18. The van der Waals surface area contributed by atoms with Crippen molar-refractivity contribution in [1.82, 2.24) is 0 Å². The summed E-state index contributed by atoms with van der Waals surface area (Å²) < 4.78 is 355. The van der Waals surface area contributed by atoms with Crippen LogP contribution in [0, 0.1) is 0 Å². The van der Waals surface area contributed by atoms with Gasteiger partial charge in [0.25, 0.3) is 0 Å². The Hall–Kier alpha value is -7.09. The molecule has 4 aliphatic rings. The van der Waals surface area contributed by atoms with Gasteiger partial charge in [0.2, 0.25) is 5.90 Å². The predicted molar refractivity (Wildman–Crippen MR) is 359 cm³/mol. The molecule has 30 heteroatoms. The molecular formula is C77H70BF24IrNO2P-. The fourth-order valence-corrected chi connectivity index (χ4v) is 17.6. The van der Waals surface area contributed by atoms with Crippen molar-refractivity contribution >= 4 is 42.0 Å². The van der Waals surface area contributed by atoms with E-state index in [9.17, 15) is 105 Å². The molecule has 0 saturated heterocycles.